The number of aliphatic carboxylic acids is 1. The van der Waals surface area contributed by atoms with Gasteiger partial charge < -0.3 is 9.84 Å². The molecule has 0 amide bonds. The predicted octanol–water partition coefficient (Wildman–Crippen LogP) is 1.68. The molecule has 0 saturated carbocycles. The molecular formula is C12H10N2O3. The number of hydrogen-bond donors (Lipinski definition) is 1. The zero-order valence-electron chi connectivity index (χ0n) is 8.85. The molecule has 0 aliphatic heterocycles. The first-order chi connectivity index (χ1) is 8.27. The fourth-order valence-electron chi connectivity index (χ4n) is 1.36. The molecule has 1 atom stereocenters. The number of carboxylic acid groups (broad SMARTS) is 1. The number of ether oxygens (including phenoxy) is 1. The summed E-state index contributed by atoms with van der Waals surface area (Å²) in [6.45, 7) is 0. The largest absolute Gasteiger partial charge is 0.478 e. The molecule has 1 heterocycles. The highest BCUT2D eigenvalue weighted by Gasteiger charge is 2.21. The van der Waals surface area contributed by atoms with Crippen LogP contribution in [0.2, 0.25) is 0 Å². The van der Waals surface area contributed by atoms with Crippen LogP contribution in [-0.2, 0) is 4.79 Å². The molecule has 2 aromatic rings. The Balaban J connectivity index is 2.23. The van der Waals surface area contributed by atoms with Crippen molar-refractivity contribution >= 4 is 5.97 Å². The average molecular weight is 230 g/mol. The Hall–Kier alpha value is -2.43. The normalized spacial score (nSPS) is 11.8. The van der Waals surface area contributed by atoms with Crippen LogP contribution in [0.25, 0.3) is 0 Å². The van der Waals surface area contributed by atoms with E-state index < -0.39 is 12.1 Å². The fourth-order valence-corrected chi connectivity index (χ4v) is 1.36. The molecule has 0 radical (unpaired) electrons. The average Bonchev–Trinajstić information content (AvgIpc) is 2.38. The maximum atomic E-state index is 11.1. The van der Waals surface area contributed by atoms with Crippen molar-refractivity contribution < 1.29 is 14.6 Å². The van der Waals surface area contributed by atoms with Gasteiger partial charge in [0.1, 0.15) is 0 Å². The monoisotopic (exact) mass is 230 g/mol. The second-order valence-electron chi connectivity index (χ2n) is 3.29. The topological polar surface area (TPSA) is 72.3 Å². The molecule has 0 spiro atoms. The van der Waals surface area contributed by atoms with E-state index in [1.807, 2.05) is 6.07 Å². The van der Waals surface area contributed by atoms with E-state index in [0.717, 1.165) is 0 Å². The molecule has 1 aromatic carbocycles. The third-order valence-electron chi connectivity index (χ3n) is 2.10. The van der Waals surface area contributed by atoms with Crippen molar-refractivity contribution in [1.82, 2.24) is 9.97 Å². The van der Waals surface area contributed by atoms with Gasteiger partial charge in [0.15, 0.2) is 0 Å². The molecule has 1 unspecified atom stereocenters. The Bertz CT molecular complexity index is 488. The van der Waals surface area contributed by atoms with Gasteiger partial charge in [0.05, 0.1) is 6.20 Å². The standard InChI is InChI=1S/C12H10N2O3/c15-12(16)11(9-4-2-1-3-5-9)17-10-8-13-6-7-14-10/h1-8,11H,(H,15,16). The lowest BCUT2D eigenvalue weighted by molar-refractivity contribution is -0.145. The van der Waals surface area contributed by atoms with Gasteiger partial charge in [-0.1, -0.05) is 30.3 Å². The van der Waals surface area contributed by atoms with Crippen LogP contribution in [0, 0.1) is 0 Å². The van der Waals surface area contributed by atoms with E-state index in [9.17, 15) is 4.79 Å². The van der Waals surface area contributed by atoms with Crippen LogP contribution in [0.15, 0.2) is 48.9 Å². The van der Waals surface area contributed by atoms with E-state index in [1.54, 1.807) is 24.3 Å². The van der Waals surface area contributed by atoms with Crippen LogP contribution in [-0.4, -0.2) is 21.0 Å². The van der Waals surface area contributed by atoms with Crippen molar-refractivity contribution in [2.75, 3.05) is 0 Å². The summed E-state index contributed by atoms with van der Waals surface area (Å²) in [4.78, 5) is 18.8. The zero-order chi connectivity index (χ0) is 12.1. The summed E-state index contributed by atoms with van der Waals surface area (Å²) in [5.41, 5.74) is 0.561. The number of carboxylic acids is 1. The first kappa shape index (κ1) is 11.1. The van der Waals surface area contributed by atoms with E-state index in [2.05, 4.69) is 9.97 Å². The zero-order valence-corrected chi connectivity index (χ0v) is 8.85. The van der Waals surface area contributed by atoms with Gasteiger partial charge in [-0.05, 0) is 0 Å². The highest BCUT2D eigenvalue weighted by Crippen LogP contribution is 2.19. The molecule has 5 heteroatoms. The predicted molar refractivity (Wildman–Crippen MR) is 59.5 cm³/mol. The molecule has 0 saturated heterocycles. The van der Waals surface area contributed by atoms with Gasteiger partial charge in [0.2, 0.25) is 12.0 Å². The summed E-state index contributed by atoms with van der Waals surface area (Å²) in [6.07, 6.45) is 3.23. The van der Waals surface area contributed by atoms with Crippen LogP contribution in [0.4, 0.5) is 0 Å². The number of carbonyl (C=O) groups is 1. The van der Waals surface area contributed by atoms with Crippen LogP contribution < -0.4 is 4.74 Å². The molecule has 1 aromatic heterocycles. The maximum absolute atomic E-state index is 11.1. The summed E-state index contributed by atoms with van der Waals surface area (Å²) in [7, 11) is 0. The number of benzene rings is 1. The first-order valence-electron chi connectivity index (χ1n) is 4.98. The lowest BCUT2D eigenvalue weighted by Gasteiger charge is -2.13. The van der Waals surface area contributed by atoms with Gasteiger partial charge in [-0.3, -0.25) is 4.98 Å². The molecule has 2 rings (SSSR count). The summed E-state index contributed by atoms with van der Waals surface area (Å²) >= 11 is 0. The number of hydrogen-bond acceptors (Lipinski definition) is 4. The van der Waals surface area contributed by atoms with Crippen LogP contribution in [0.3, 0.4) is 0 Å². The van der Waals surface area contributed by atoms with Gasteiger partial charge in [-0.25, -0.2) is 9.78 Å². The molecule has 0 fully saturated rings. The molecule has 0 aliphatic carbocycles. The lowest BCUT2D eigenvalue weighted by Crippen LogP contribution is -2.18. The highest BCUT2D eigenvalue weighted by molar-refractivity contribution is 5.74. The third kappa shape index (κ3) is 2.78. The fraction of sp³-hybridized carbons (Fsp3) is 0.0833. The third-order valence-corrected chi connectivity index (χ3v) is 2.10. The second-order valence-corrected chi connectivity index (χ2v) is 3.29. The Morgan fingerprint density at radius 1 is 1.24 bits per heavy atom. The van der Waals surface area contributed by atoms with Gasteiger partial charge in [0, 0.05) is 18.0 Å². The quantitative estimate of drug-likeness (QED) is 0.865. The molecule has 0 bridgehead atoms. The minimum atomic E-state index is -1.08. The van der Waals surface area contributed by atoms with Crippen molar-refractivity contribution in [3.63, 3.8) is 0 Å². The van der Waals surface area contributed by atoms with E-state index in [4.69, 9.17) is 9.84 Å². The number of aromatic nitrogens is 2. The Morgan fingerprint density at radius 2 is 2.00 bits per heavy atom. The first-order valence-corrected chi connectivity index (χ1v) is 4.98. The summed E-state index contributed by atoms with van der Waals surface area (Å²) in [5, 5.41) is 9.11. The minimum absolute atomic E-state index is 0.184. The Labute approximate surface area is 97.7 Å². The highest BCUT2D eigenvalue weighted by atomic mass is 16.5. The van der Waals surface area contributed by atoms with Crippen LogP contribution in [0.1, 0.15) is 11.7 Å². The molecular weight excluding hydrogens is 220 g/mol. The van der Waals surface area contributed by atoms with Gasteiger partial charge in [-0.2, -0.15) is 0 Å². The molecule has 5 nitrogen and oxygen atoms in total. The van der Waals surface area contributed by atoms with Crippen molar-refractivity contribution in [2.45, 2.75) is 6.10 Å². The van der Waals surface area contributed by atoms with Crippen LogP contribution >= 0.6 is 0 Å². The van der Waals surface area contributed by atoms with Crippen molar-refractivity contribution in [3.8, 4) is 5.88 Å². The van der Waals surface area contributed by atoms with Gasteiger partial charge in [-0.15, -0.1) is 0 Å². The summed E-state index contributed by atoms with van der Waals surface area (Å²) in [5.74, 6) is -0.884. The SMILES string of the molecule is O=C(O)C(Oc1cnccn1)c1ccccc1. The lowest BCUT2D eigenvalue weighted by atomic mass is 10.1. The minimum Gasteiger partial charge on any atom is -0.478 e. The van der Waals surface area contributed by atoms with Gasteiger partial charge in [0.25, 0.3) is 0 Å². The second kappa shape index (κ2) is 5.07. The van der Waals surface area contributed by atoms with Crippen molar-refractivity contribution in [3.05, 3.63) is 54.5 Å². The summed E-state index contributed by atoms with van der Waals surface area (Å²) in [6, 6.07) is 8.70. The van der Waals surface area contributed by atoms with E-state index in [1.165, 1.54) is 18.6 Å². The van der Waals surface area contributed by atoms with Crippen molar-refractivity contribution in [1.29, 1.82) is 0 Å². The Morgan fingerprint density at radius 3 is 2.59 bits per heavy atom. The maximum Gasteiger partial charge on any atom is 0.349 e. The smallest absolute Gasteiger partial charge is 0.349 e. The summed E-state index contributed by atoms with van der Waals surface area (Å²) < 4.78 is 5.29. The van der Waals surface area contributed by atoms with E-state index in [-0.39, 0.29) is 5.88 Å². The molecule has 1 N–H and O–H groups in total. The Kier molecular flexibility index (Phi) is 3.30. The molecule has 0 aliphatic rings. The van der Waals surface area contributed by atoms with Gasteiger partial charge >= 0.3 is 5.97 Å². The number of nitrogens with zero attached hydrogens (tertiary/aromatic N) is 2. The molecule has 17 heavy (non-hydrogen) atoms. The van der Waals surface area contributed by atoms with E-state index >= 15 is 0 Å². The molecule has 86 valence electrons. The van der Waals surface area contributed by atoms with E-state index in [0.29, 0.717) is 5.56 Å². The van der Waals surface area contributed by atoms with Crippen LogP contribution in [0.5, 0.6) is 5.88 Å². The van der Waals surface area contributed by atoms with Crippen molar-refractivity contribution in [2.24, 2.45) is 0 Å². The number of rotatable bonds is 4.